The molecule has 2 heteroatoms. The van der Waals surface area contributed by atoms with Crippen LogP contribution in [0.1, 0.15) is 46.0 Å². The fourth-order valence-corrected chi connectivity index (χ4v) is 2.07. The van der Waals surface area contributed by atoms with Crippen molar-refractivity contribution in [1.29, 1.82) is 0 Å². The highest BCUT2D eigenvalue weighted by molar-refractivity contribution is 5.03. The van der Waals surface area contributed by atoms with Crippen LogP contribution < -0.4 is 11.1 Å². The van der Waals surface area contributed by atoms with E-state index in [1.54, 1.807) is 0 Å². The van der Waals surface area contributed by atoms with Gasteiger partial charge < -0.3 is 5.73 Å². The van der Waals surface area contributed by atoms with Crippen molar-refractivity contribution in [2.45, 2.75) is 57.5 Å². The zero-order valence-corrected chi connectivity index (χ0v) is 10.1. The van der Waals surface area contributed by atoms with E-state index in [-0.39, 0.29) is 11.6 Å². The SMILES string of the molecule is C#CC(CCC)NC(C)(CN)CC1CC1. The molecule has 2 atom stereocenters. The van der Waals surface area contributed by atoms with Crippen LogP contribution in [0.4, 0.5) is 0 Å². The van der Waals surface area contributed by atoms with Gasteiger partial charge in [-0.25, -0.2) is 0 Å². The molecule has 0 aliphatic heterocycles. The van der Waals surface area contributed by atoms with Gasteiger partial charge in [-0.3, -0.25) is 5.32 Å². The first-order valence-electron chi connectivity index (χ1n) is 6.07. The monoisotopic (exact) mass is 208 g/mol. The van der Waals surface area contributed by atoms with Gasteiger partial charge in [-0.2, -0.15) is 0 Å². The Hall–Kier alpha value is -0.520. The second-order valence-electron chi connectivity index (χ2n) is 5.06. The topological polar surface area (TPSA) is 38.0 Å². The van der Waals surface area contributed by atoms with Crippen molar-refractivity contribution in [2.24, 2.45) is 11.7 Å². The summed E-state index contributed by atoms with van der Waals surface area (Å²) in [6, 6.07) is 0.183. The lowest BCUT2D eigenvalue weighted by Gasteiger charge is -2.32. The van der Waals surface area contributed by atoms with E-state index in [1.807, 2.05) is 0 Å². The Kier molecular flexibility index (Phi) is 4.63. The third-order valence-corrected chi connectivity index (χ3v) is 3.19. The summed E-state index contributed by atoms with van der Waals surface area (Å²) in [5, 5.41) is 3.54. The van der Waals surface area contributed by atoms with Gasteiger partial charge in [0.1, 0.15) is 0 Å². The van der Waals surface area contributed by atoms with E-state index in [0.717, 1.165) is 18.8 Å². The Morgan fingerprint density at radius 1 is 1.60 bits per heavy atom. The van der Waals surface area contributed by atoms with Crippen LogP contribution in [0.2, 0.25) is 0 Å². The molecule has 1 saturated carbocycles. The Balaban J connectivity index is 2.45. The summed E-state index contributed by atoms with van der Waals surface area (Å²) in [6.45, 7) is 5.03. The maximum absolute atomic E-state index is 5.85. The van der Waals surface area contributed by atoms with Gasteiger partial charge in [0.15, 0.2) is 0 Å². The molecule has 0 aromatic heterocycles. The average Bonchev–Trinajstić information content (AvgIpc) is 3.01. The van der Waals surface area contributed by atoms with E-state index in [4.69, 9.17) is 12.2 Å². The second-order valence-corrected chi connectivity index (χ2v) is 5.06. The molecule has 2 nitrogen and oxygen atoms in total. The lowest BCUT2D eigenvalue weighted by Crippen LogP contribution is -2.53. The number of hydrogen-bond acceptors (Lipinski definition) is 2. The fourth-order valence-electron chi connectivity index (χ4n) is 2.07. The molecule has 1 fully saturated rings. The molecule has 1 rings (SSSR count). The van der Waals surface area contributed by atoms with Crippen LogP contribution in [0.15, 0.2) is 0 Å². The van der Waals surface area contributed by atoms with Gasteiger partial charge in [0.2, 0.25) is 0 Å². The molecule has 1 aliphatic rings. The summed E-state index contributed by atoms with van der Waals surface area (Å²) < 4.78 is 0. The zero-order chi connectivity index (χ0) is 11.3. The molecule has 1 aliphatic carbocycles. The van der Waals surface area contributed by atoms with E-state index in [2.05, 4.69) is 25.1 Å². The number of rotatable bonds is 7. The van der Waals surface area contributed by atoms with Crippen molar-refractivity contribution in [1.82, 2.24) is 5.32 Å². The van der Waals surface area contributed by atoms with Crippen LogP contribution in [0.5, 0.6) is 0 Å². The Morgan fingerprint density at radius 2 is 2.27 bits per heavy atom. The molecule has 0 aromatic carbocycles. The zero-order valence-electron chi connectivity index (χ0n) is 10.1. The van der Waals surface area contributed by atoms with Crippen molar-refractivity contribution in [3.05, 3.63) is 0 Å². The highest BCUT2D eigenvalue weighted by Crippen LogP contribution is 2.36. The highest BCUT2D eigenvalue weighted by Gasteiger charge is 2.33. The van der Waals surface area contributed by atoms with Crippen molar-refractivity contribution in [3.63, 3.8) is 0 Å². The first-order valence-corrected chi connectivity index (χ1v) is 6.07. The summed E-state index contributed by atoms with van der Waals surface area (Å²) in [4.78, 5) is 0. The normalized spacial score (nSPS) is 21.7. The summed E-state index contributed by atoms with van der Waals surface area (Å²) in [5.74, 6) is 3.70. The quantitative estimate of drug-likeness (QED) is 0.627. The number of nitrogens with one attached hydrogen (secondary N) is 1. The molecular weight excluding hydrogens is 184 g/mol. The van der Waals surface area contributed by atoms with E-state index in [0.29, 0.717) is 6.54 Å². The molecule has 0 saturated heterocycles. The van der Waals surface area contributed by atoms with Crippen LogP contribution in [-0.4, -0.2) is 18.1 Å². The van der Waals surface area contributed by atoms with Crippen LogP contribution in [0, 0.1) is 18.3 Å². The van der Waals surface area contributed by atoms with Crippen LogP contribution in [-0.2, 0) is 0 Å². The maximum atomic E-state index is 5.85. The molecule has 0 radical (unpaired) electrons. The summed E-state index contributed by atoms with van der Waals surface area (Å²) >= 11 is 0. The minimum absolute atomic E-state index is 0.0351. The Morgan fingerprint density at radius 3 is 2.67 bits per heavy atom. The standard InChI is InChI=1S/C13H24N2/c1-4-6-12(5-2)15-13(3,10-14)9-11-7-8-11/h2,11-12,15H,4,6-10,14H2,1,3H3. The maximum Gasteiger partial charge on any atom is 0.0691 e. The van der Waals surface area contributed by atoms with Crippen molar-refractivity contribution in [3.8, 4) is 12.3 Å². The molecule has 86 valence electrons. The number of terminal acetylenes is 1. The van der Waals surface area contributed by atoms with E-state index < -0.39 is 0 Å². The van der Waals surface area contributed by atoms with Gasteiger partial charge in [0, 0.05) is 12.1 Å². The second kappa shape index (κ2) is 5.53. The minimum Gasteiger partial charge on any atom is -0.329 e. The predicted molar refractivity (Wildman–Crippen MR) is 65.5 cm³/mol. The first kappa shape index (κ1) is 12.5. The lowest BCUT2D eigenvalue weighted by atomic mass is 9.93. The fraction of sp³-hybridized carbons (Fsp3) is 0.846. The number of hydrogen-bond donors (Lipinski definition) is 2. The van der Waals surface area contributed by atoms with Gasteiger partial charge >= 0.3 is 0 Å². The van der Waals surface area contributed by atoms with E-state index >= 15 is 0 Å². The van der Waals surface area contributed by atoms with Crippen molar-refractivity contribution < 1.29 is 0 Å². The van der Waals surface area contributed by atoms with Crippen LogP contribution in [0.25, 0.3) is 0 Å². The third kappa shape index (κ3) is 4.24. The number of nitrogens with two attached hydrogens (primary N) is 1. The largest absolute Gasteiger partial charge is 0.329 e. The van der Waals surface area contributed by atoms with E-state index in [9.17, 15) is 0 Å². The van der Waals surface area contributed by atoms with Gasteiger partial charge in [-0.05, 0) is 25.7 Å². The predicted octanol–water partition coefficient (Wildman–Crippen LogP) is 1.90. The van der Waals surface area contributed by atoms with Gasteiger partial charge in [0.25, 0.3) is 0 Å². The molecular formula is C13H24N2. The minimum atomic E-state index is 0.0351. The Labute approximate surface area is 94.0 Å². The van der Waals surface area contributed by atoms with Crippen molar-refractivity contribution >= 4 is 0 Å². The van der Waals surface area contributed by atoms with Crippen LogP contribution in [0.3, 0.4) is 0 Å². The Bertz CT molecular complexity index is 227. The molecule has 0 aromatic rings. The highest BCUT2D eigenvalue weighted by atomic mass is 15.0. The van der Waals surface area contributed by atoms with Gasteiger partial charge in [-0.15, -0.1) is 6.42 Å². The summed E-state index contributed by atoms with van der Waals surface area (Å²) in [7, 11) is 0. The summed E-state index contributed by atoms with van der Waals surface area (Å²) in [6.07, 6.45) is 11.6. The molecule has 0 heterocycles. The summed E-state index contributed by atoms with van der Waals surface area (Å²) in [5.41, 5.74) is 5.89. The molecule has 0 amide bonds. The molecule has 2 unspecified atom stereocenters. The smallest absolute Gasteiger partial charge is 0.0691 e. The molecule has 15 heavy (non-hydrogen) atoms. The molecule has 0 bridgehead atoms. The third-order valence-electron chi connectivity index (χ3n) is 3.19. The molecule has 3 N–H and O–H groups in total. The molecule has 0 spiro atoms. The van der Waals surface area contributed by atoms with E-state index in [1.165, 1.54) is 19.3 Å². The van der Waals surface area contributed by atoms with Gasteiger partial charge in [0.05, 0.1) is 6.04 Å². The lowest BCUT2D eigenvalue weighted by molar-refractivity contribution is 0.300. The van der Waals surface area contributed by atoms with Crippen molar-refractivity contribution in [2.75, 3.05) is 6.54 Å². The van der Waals surface area contributed by atoms with Crippen LogP contribution >= 0.6 is 0 Å². The van der Waals surface area contributed by atoms with Gasteiger partial charge in [-0.1, -0.05) is 32.1 Å². The average molecular weight is 208 g/mol. The first-order chi connectivity index (χ1) is 7.13.